The Bertz CT molecular complexity index is 246. The van der Waals surface area contributed by atoms with Crippen molar-refractivity contribution in [3.8, 4) is 0 Å². The molecular weight excluding hydrogens is 190 g/mol. The SMILES string of the molecule is CNC(Cc1ccco1)CC(C)COC. The van der Waals surface area contributed by atoms with E-state index in [1.54, 1.807) is 13.4 Å². The maximum absolute atomic E-state index is 5.34. The molecule has 2 unspecified atom stereocenters. The van der Waals surface area contributed by atoms with Crippen molar-refractivity contribution in [3.63, 3.8) is 0 Å². The molecular formula is C12H21NO2. The Kier molecular flexibility index (Phi) is 5.43. The summed E-state index contributed by atoms with van der Waals surface area (Å²) in [5, 5.41) is 3.31. The zero-order valence-electron chi connectivity index (χ0n) is 9.82. The second-order valence-corrected chi connectivity index (χ2v) is 4.07. The third kappa shape index (κ3) is 4.49. The summed E-state index contributed by atoms with van der Waals surface area (Å²) in [5.74, 6) is 1.61. The molecule has 1 aromatic heterocycles. The Morgan fingerprint density at radius 2 is 2.33 bits per heavy atom. The van der Waals surface area contributed by atoms with E-state index < -0.39 is 0 Å². The molecule has 1 aromatic rings. The van der Waals surface area contributed by atoms with Gasteiger partial charge in [0.05, 0.1) is 6.26 Å². The summed E-state index contributed by atoms with van der Waals surface area (Å²) in [5.41, 5.74) is 0. The van der Waals surface area contributed by atoms with E-state index in [1.165, 1.54) is 0 Å². The monoisotopic (exact) mass is 211 g/mol. The second kappa shape index (κ2) is 6.64. The molecule has 0 aliphatic carbocycles. The minimum absolute atomic E-state index is 0.460. The van der Waals surface area contributed by atoms with Crippen LogP contribution in [0.5, 0.6) is 0 Å². The Labute approximate surface area is 91.8 Å². The zero-order chi connectivity index (χ0) is 11.1. The van der Waals surface area contributed by atoms with Crippen molar-refractivity contribution in [2.75, 3.05) is 20.8 Å². The summed E-state index contributed by atoms with van der Waals surface area (Å²) < 4.78 is 10.5. The highest BCUT2D eigenvalue weighted by Gasteiger charge is 2.13. The number of furan rings is 1. The molecule has 0 aliphatic rings. The van der Waals surface area contributed by atoms with E-state index in [0.717, 1.165) is 25.2 Å². The summed E-state index contributed by atoms with van der Waals surface area (Å²) in [6, 6.07) is 4.41. The molecule has 3 heteroatoms. The van der Waals surface area contributed by atoms with Crippen molar-refractivity contribution in [1.82, 2.24) is 5.32 Å². The molecule has 0 aliphatic heterocycles. The van der Waals surface area contributed by atoms with E-state index in [9.17, 15) is 0 Å². The van der Waals surface area contributed by atoms with Gasteiger partial charge in [0.1, 0.15) is 5.76 Å². The van der Waals surface area contributed by atoms with Gasteiger partial charge in [0.15, 0.2) is 0 Å². The topological polar surface area (TPSA) is 34.4 Å². The lowest BCUT2D eigenvalue weighted by molar-refractivity contribution is 0.149. The minimum atomic E-state index is 0.460. The lowest BCUT2D eigenvalue weighted by Gasteiger charge is -2.19. The van der Waals surface area contributed by atoms with E-state index in [1.807, 2.05) is 19.2 Å². The highest BCUT2D eigenvalue weighted by atomic mass is 16.5. The van der Waals surface area contributed by atoms with Crippen molar-refractivity contribution in [3.05, 3.63) is 24.2 Å². The predicted octanol–water partition coefficient (Wildman–Crippen LogP) is 2.08. The van der Waals surface area contributed by atoms with Gasteiger partial charge in [-0.2, -0.15) is 0 Å². The Morgan fingerprint density at radius 1 is 1.53 bits per heavy atom. The average molecular weight is 211 g/mol. The molecule has 86 valence electrons. The summed E-state index contributed by atoms with van der Waals surface area (Å²) in [4.78, 5) is 0. The van der Waals surface area contributed by atoms with Crippen LogP contribution in [0.1, 0.15) is 19.1 Å². The first-order valence-electron chi connectivity index (χ1n) is 5.44. The number of rotatable bonds is 7. The maximum Gasteiger partial charge on any atom is 0.105 e. The Balaban J connectivity index is 2.35. The summed E-state index contributed by atoms with van der Waals surface area (Å²) >= 11 is 0. The van der Waals surface area contributed by atoms with Gasteiger partial charge in [-0.05, 0) is 31.5 Å². The van der Waals surface area contributed by atoms with Gasteiger partial charge in [-0.25, -0.2) is 0 Å². The first kappa shape index (κ1) is 12.3. The van der Waals surface area contributed by atoms with Crippen molar-refractivity contribution >= 4 is 0 Å². The first-order valence-corrected chi connectivity index (χ1v) is 5.44. The van der Waals surface area contributed by atoms with Gasteiger partial charge in [-0.3, -0.25) is 0 Å². The number of hydrogen-bond acceptors (Lipinski definition) is 3. The molecule has 0 saturated heterocycles. The van der Waals surface area contributed by atoms with Gasteiger partial charge in [0.2, 0.25) is 0 Å². The fraction of sp³-hybridized carbons (Fsp3) is 0.667. The van der Waals surface area contributed by atoms with Crippen LogP contribution < -0.4 is 5.32 Å². The lowest BCUT2D eigenvalue weighted by Crippen LogP contribution is -2.30. The zero-order valence-corrected chi connectivity index (χ0v) is 9.82. The van der Waals surface area contributed by atoms with Crippen LogP contribution in [0.15, 0.2) is 22.8 Å². The van der Waals surface area contributed by atoms with Crippen LogP contribution in [0.25, 0.3) is 0 Å². The highest BCUT2D eigenvalue weighted by Crippen LogP contribution is 2.11. The molecule has 0 amide bonds. The molecule has 0 aromatic carbocycles. The molecule has 1 N–H and O–H groups in total. The summed E-state index contributed by atoms with van der Waals surface area (Å²) in [6.45, 7) is 3.02. The number of nitrogens with one attached hydrogen (secondary N) is 1. The van der Waals surface area contributed by atoms with Gasteiger partial charge >= 0.3 is 0 Å². The third-order valence-electron chi connectivity index (χ3n) is 2.57. The number of likely N-dealkylation sites (N-methyl/N-ethyl adjacent to an activating group) is 1. The smallest absolute Gasteiger partial charge is 0.105 e. The van der Waals surface area contributed by atoms with Crippen LogP contribution in [-0.4, -0.2) is 26.8 Å². The highest BCUT2D eigenvalue weighted by molar-refractivity contribution is 5.00. The normalized spacial score (nSPS) is 15.1. The summed E-state index contributed by atoms with van der Waals surface area (Å²) in [6.07, 6.45) is 3.77. The molecule has 2 atom stereocenters. The van der Waals surface area contributed by atoms with Gasteiger partial charge < -0.3 is 14.5 Å². The van der Waals surface area contributed by atoms with E-state index in [4.69, 9.17) is 9.15 Å². The van der Waals surface area contributed by atoms with E-state index >= 15 is 0 Å². The van der Waals surface area contributed by atoms with Crippen LogP contribution in [0, 0.1) is 5.92 Å². The second-order valence-electron chi connectivity index (χ2n) is 4.07. The van der Waals surface area contributed by atoms with E-state index in [2.05, 4.69) is 12.2 Å². The van der Waals surface area contributed by atoms with Crippen LogP contribution in [-0.2, 0) is 11.2 Å². The largest absolute Gasteiger partial charge is 0.469 e. The fourth-order valence-electron chi connectivity index (χ4n) is 1.81. The van der Waals surface area contributed by atoms with Crippen molar-refractivity contribution in [2.24, 2.45) is 5.92 Å². The average Bonchev–Trinajstić information content (AvgIpc) is 2.70. The van der Waals surface area contributed by atoms with Crippen LogP contribution >= 0.6 is 0 Å². The van der Waals surface area contributed by atoms with Gasteiger partial charge in [-0.1, -0.05) is 6.92 Å². The number of ether oxygens (including phenoxy) is 1. The summed E-state index contributed by atoms with van der Waals surface area (Å²) in [7, 11) is 3.74. The van der Waals surface area contributed by atoms with Crippen molar-refractivity contribution < 1.29 is 9.15 Å². The molecule has 3 nitrogen and oxygen atoms in total. The Morgan fingerprint density at radius 3 is 2.87 bits per heavy atom. The van der Waals surface area contributed by atoms with Gasteiger partial charge in [0, 0.05) is 26.2 Å². The lowest BCUT2D eigenvalue weighted by atomic mass is 9.99. The number of hydrogen-bond donors (Lipinski definition) is 1. The maximum atomic E-state index is 5.34. The molecule has 1 rings (SSSR count). The molecule has 0 spiro atoms. The molecule has 1 heterocycles. The fourth-order valence-corrected chi connectivity index (χ4v) is 1.81. The molecule has 0 radical (unpaired) electrons. The molecule has 0 bridgehead atoms. The van der Waals surface area contributed by atoms with E-state index in [0.29, 0.717) is 12.0 Å². The quantitative estimate of drug-likeness (QED) is 0.750. The van der Waals surface area contributed by atoms with E-state index in [-0.39, 0.29) is 0 Å². The van der Waals surface area contributed by atoms with Crippen LogP contribution in [0.4, 0.5) is 0 Å². The standard InChI is InChI=1S/C12H21NO2/c1-10(9-14-3)7-11(13-2)8-12-5-4-6-15-12/h4-6,10-11,13H,7-9H2,1-3H3. The Hall–Kier alpha value is -0.800. The predicted molar refractivity (Wildman–Crippen MR) is 60.9 cm³/mol. The van der Waals surface area contributed by atoms with Crippen LogP contribution in [0.2, 0.25) is 0 Å². The molecule has 15 heavy (non-hydrogen) atoms. The molecule has 0 saturated carbocycles. The minimum Gasteiger partial charge on any atom is -0.469 e. The molecule has 0 fully saturated rings. The third-order valence-corrected chi connectivity index (χ3v) is 2.57. The van der Waals surface area contributed by atoms with Gasteiger partial charge in [-0.15, -0.1) is 0 Å². The van der Waals surface area contributed by atoms with Crippen molar-refractivity contribution in [2.45, 2.75) is 25.8 Å². The first-order chi connectivity index (χ1) is 7.26. The van der Waals surface area contributed by atoms with Gasteiger partial charge in [0.25, 0.3) is 0 Å². The van der Waals surface area contributed by atoms with Crippen molar-refractivity contribution in [1.29, 1.82) is 0 Å². The van der Waals surface area contributed by atoms with Crippen LogP contribution in [0.3, 0.4) is 0 Å². The number of methoxy groups -OCH3 is 1.